The van der Waals surface area contributed by atoms with Crippen LogP contribution >= 0.6 is 0 Å². The van der Waals surface area contributed by atoms with Crippen molar-refractivity contribution in [2.75, 3.05) is 6.61 Å². The van der Waals surface area contributed by atoms with Crippen LogP contribution < -0.4 is 0 Å². The van der Waals surface area contributed by atoms with Gasteiger partial charge in [-0.3, -0.25) is 0 Å². The van der Waals surface area contributed by atoms with E-state index >= 15 is 0 Å². The normalized spacial score (nSPS) is 10.2. The molecule has 0 heterocycles. The molecule has 0 bridgehead atoms. The van der Waals surface area contributed by atoms with E-state index in [9.17, 15) is 0 Å². The van der Waals surface area contributed by atoms with Gasteiger partial charge in [0.2, 0.25) is 0 Å². The van der Waals surface area contributed by atoms with Gasteiger partial charge in [-0.15, -0.1) is 0 Å². The van der Waals surface area contributed by atoms with Crippen LogP contribution in [0.15, 0.2) is 0 Å². The van der Waals surface area contributed by atoms with E-state index in [4.69, 9.17) is 3.07 Å². The van der Waals surface area contributed by atoms with Crippen molar-refractivity contribution in [3.05, 3.63) is 0 Å². The van der Waals surface area contributed by atoms with E-state index in [1.165, 1.54) is 30.1 Å². The molecule has 60 valence electrons. The van der Waals surface area contributed by atoms with Gasteiger partial charge in [-0.2, -0.15) is 0 Å². The Morgan fingerprint density at radius 3 is 2.50 bits per heavy atom. The SMILES string of the molecule is CCCCC[CH2][Sn][O]CC. The maximum absolute atomic E-state index is 5.38. The monoisotopic (exact) mass is 250 g/mol. The molecule has 0 spiro atoms. The molecule has 2 heteroatoms. The third-order valence-corrected chi connectivity index (χ3v) is 4.38. The zero-order chi connectivity index (χ0) is 7.66. The van der Waals surface area contributed by atoms with Gasteiger partial charge in [-0.1, -0.05) is 0 Å². The minimum atomic E-state index is -0.358. The van der Waals surface area contributed by atoms with Gasteiger partial charge in [0.1, 0.15) is 0 Å². The Bertz CT molecular complexity index is 49.2. The first kappa shape index (κ1) is 10.8. The van der Waals surface area contributed by atoms with Crippen molar-refractivity contribution in [2.24, 2.45) is 0 Å². The topological polar surface area (TPSA) is 9.23 Å². The molecule has 1 nitrogen and oxygen atoms in total. The van der Waals surface area contributed by atoms with Crippen molar-refractivity contribution in [1.29, 1.82) is 0 Å². The summed E-state index contributed by atoms with van der Waals surface area (Å²) in [7, 11) is 0. The second-order valence-corrected chi connectivity index (χ2v) is 5.46. The van der Waals surface area contributed by atoms with Crippen molar-refractivity contribution in [3.8, 4) is 0 Å². The van der Waals surface area contributed by atoms with Crippen LogP contribution in [0.2, 0.25) is 4.44 Å². The Morgan fingerprint density at radius 1 is 1.10 bits per heavy atom. The van der Waals surface area contributed by atoms with Gasteiger partial charge in [0.05, 0.1) is 0 Å². The predicted octanol–water partition coefficient (Wildman–Crippen LogP) is 2.64. The predicted molar refractivity (Wildman–Crippen MR) is 46.3 cm³/mol. The second kappa shape index (κ2) is 9.76. The molecule has 0 N–H and O–H groups in total. The molecular formula is C8H18OSn. The first-order valence-corrected chi connectivity index (χ1v) is 7.44. The Labute approximate surface area is 75.3 Å². The number of rotatable bonds is 7. The van der Waals surface area contributed by atoms with E-state index in [1.54, 1.807) is 0 Å². The Hall–Kier alpha value is 0.759. The standard InChI is InChI=1S/C6H13.C2H5O.Sn/c1-3-5-6-4-2;1-2-3;/h1,3-6H2,2H3;2H2,1H3;/q;-1;+1. The van der Waals surface area contributed by atoms with Crippen LogP contribution in [0.4, 0.5) is 0 Å². The van der Waals surface area contributed by atoms with Crippen LogP contribution in [-0.2, 0) is 3.07 Å². The zero-order valence-corrected chi connectivity index (χ0v) is 10.0. The second-order valence-electron chi connectivity index (χ2n) is 2.39. The summed E-state index contributed by atoms with van der Waals surface area (Å²) in [6.07, 6.45) is 5.59. The van der Waals surface area contributed by atoms with Crippen molar-refractivity contribution < 1.29 is 3.07 Å². The molecule has 0 saturated carbocycles. The van der Waals surface area contributed by atoms with Gasteiger partial charge in [0, 0.05) is 0 Å². The Morgan fingerprint density at radius 2 is 1.90 bits per heavy atom. The van der Waals surface area contributed by atoms with Crippen molar-refractivity contribution in [3.63, 3.8) is 0 Å². The average molecular weight is 249 g/mol. The number of hydrogen-bond donors (Lipinski definition) is 0. The van der Waals surface area contributed by atoms with Gasteiger partial charge in [-0.05, 0) is 0 Å². The fraction of sp³-hybridized carbons (Fsp3) is 1.00. The third-order valence-electron chi connectivity index (χ3n) is 1.38. The number of hydrogen-bond acceptors (Lipinski definition) is 1. The summed E-state index contributed by atoms with van der Waals surface area (Å²) in [6.45, 7) is 5.29. The molecule has 10 heavy (non-hydrogen) atoms. The third kappa shape index (κ3) is 8.76. The fourth-order valence-electron chi connectivity index (χ4n) is 0.798. The fourth-order valence-corrected chi connectivity index (χ4v) is 2.92. The molecule has 0 aliphatic heterocycles. The van der Waals surface area contributed by atoms with Crippen LogP contribution in [0.1, 0.15) is 39.5 Å². The molecule has 0 aromatic rings. The van der Waals surface area contributed by atoms with E-state index in [0.717, 1.165) is 6.61 Å². The summed E-state index contributed by atoms with van der Waals surface area (Å²) in [5, 5.41) is 0. The van der Waals surface area contributed by atoms with Crippen LogP contribution in [0.25, 0.3) is 0 Å². The van der Waals surface area contributed by atoms with Crippen LogP contribution in [0.3, 0.4) is 0 Å². The molecule has 0 unspecified atom stereocenters. The van der Waals surface area contributed by atoms with Gasteiger partial charge < -0.3 is 0 Å². The molecule has 0 aliphatic rings. The summed E-state index contributed by atoms with van der Waals surface area (Å²) in [4.78, 5) is 0. The first-order valence-electron chi connectivity index (χ1n) is 4.26. The molecule has 0 aliphatic carbocycles. The molecule has 0 atom stereocenters. The molecule has 0 fully saturated rings. The number of unbranched alkanes of at least 4 members (excludes halogenated alkanes) is 3. The van der Waals surface area contributed by atoms with E-state index in [1.807, 2.05) is 0 Å². The molecule has 0 saturated heterocycles. The molecule has 0 rings (SSSR count). The quantitative estimate of drug-likeness (QED) is 0.497. The van der Waals surface area contributed by atoms with Gasteiger partial charge in [0.25, 0.3) is 0 Å². The molecule has 0 aromatic carbocycles. The maximum atomic E-state index is 5.38. The van der Waals surface area contributed by atoms with Crippen molar-refractivity contribution in [2.45, 2.75) is 44.0 Å². The van der Waals surface area contributed by atoms with E-state index in [0.29, 0.717) is 0 Å². The van der Waals surface area contributed by atoms with Crippen molar-refractivity contribution in [1.82, 2.24) is 0 Å². The van der Waals surface area contributed by atoms with E-state index < -0.39 is 0 Å². The van der Waals surface area contributed by atoms with Gasteiger partial charge in [-0.25, -0.2) is 0 Å². The summed E-state index contributed by atoms with van der Waals surface area (Å²) >= 11 is -0.358. The van der Waals surface area contributed by atoms with Crippen molar-refractivity contribution >= 4 is 21.6 Å². The Balaban J connectivity index is 2.65. The average Bonchev–Trinajstić information content (AvgIpc) is 1.97. The summed E-state index contributed by atoms with van der Waals surface area (Å²) < 4.78 is 6.80. The molecular weight excluding hydrogens is 231 g/mol. The van der Waals surface area contributed by atoms with Crippen LogP contribution in [-0.4, -0.2) is 28.2 Å². The zero-order valence-electron chi connectivity index (χ0n) is 7.15. The van der Waals surface area contributed by atoms with Gasteiger partial charge >= 0.3 is 75.2 Å². The summed E-state index contributed by atoms with van der Waals surface area (Å²) in [5.74, 6) is 0. The molecule has 2 radical (unpaired) electrons. The van der Waals surface area contributed by atoms with Crippen LogP contribution in [0, 0.1) is 0 Å². The van der Waals surface area contributed by atoms with E-state index in [2.05, 4.69) is 13.8 Å². The van der Waals surface area contributed by atoms with E-state index in [-0.39, 0.29) is 21.6 Å². The molecule has 0 aromatic heterocycles. The summed E-state index contributed by atoms with van der Waals surface area (Å²) in [5.41, 5.74) is 0. The van der Waals surface area contributed by atoms with Crippen LogP contribution in [0.5, 0.6) is 0 Å². The Kier molecular flexibility index (Phi) is 10.5. The molecule has 0 amide bonds. The first-order chi connectivity index (χ1) is 4.91. The minimum absolute atomic E-state index is 0.358. The van der Waals surface area contributed by atoms with Gasteiger partial charge in [0.15, 0.2) is 0 Å². The summed E-state index contributed by atoms with van der Waals surface area (Å²) in [6, 6.07) is 0.